The van der Waals surface area contributed by atoms with E-state index in [2.05, 4.69) is 20.7 Å². The highest BCUT2D eigenvalue weighted by atomic mass is 16.2. The fourth-order valence-electron chi connectivity index (χ4n) is 2.07. The highest BCUT2D eigenvalue weighted by Crippen LogP contribution is 2.36. The maximum absolute atomic E-state index is 11.6. The van der Waals surface area contributed by atoms with Crippen molar-refractivity contribution in [3.8, 4) is 0 Å². The van der Waals surface area contributed by atoms with Crippen LogP contribution in [0, 0.1) is 0 Å². The maximum Gasteiger partial charge on any atom is 0.231 e. The molecule has 76 valence electrons. The smallest absolute Gasteiger partial charge is 0.231 e. The van der Waals surface area contributed by atoms with Crippen LogP contribution in [0.2, 0.25) is 0 Å². The van der Waals surface area contributed by atoms with Crippen LogP contribution in [0.25, 0.3) is 11.0 Å². The number of nitrogens with zero attached hydrogens (tertiary/aromatic N) is 2. The molecule has 2 heterocycles. The first-order valence-corrected chi connectivity index (χ1v) is 4.95. The molecule has 1 aliphatic rings. The van der Waals surface area contributed by atoms with Gasteiger partial charge >= 0.3 is 0 Å². The Labute approximate surface area is 85.9 Å². The minimum Gasteiger partial charge on any atom is -0.325 e. The van der Waals surface area contributed by atoms with Gasteiger partial charge in [-0.15, -0.1) is 5.10 Å². The van der Waals surface area contributed by atoms with E-state index in [4.69, 9.17) is 0 Å². The number of fused-ring (bicyclic) bond motifs is 2. The molecule has 1 aromatic heterocycles. The molecule has 1 unspecified atom stereocenters. The van der Waals surface area contributed by atoms with Crippen LogP contribution in [0.4, 0.5) is 5.69 Å². The molecule has 0 fully saturated rings. The van der Waals surface area contributed by atoms with E-state index in [0.717, 1.165) is 28.7 Å². The summed E-state index contributed by atoms with van der Waals surface area (Å²) in [4.78, 5) is 11.6. The molecule has 1 atom stereocenters. The molecule has 0 saturated carbocycles. The molecule has 2 N–H and O–H groups in total. The van der Waals surface area contributed by atoms with E-state index in [1.54, 1.807) is 0 Å². The zero-order valence-electron chi connectivity index (χ0n) is 8.24. The number of benzene rings is 1. The van der Waals surface area contributed by atoms with Gasteiger partial charge in [0.15, 0.2) is 0 Å². The van der Waals surface area contributed by atoms with Crippen LogP contribution in [0.3, 0.4) is 0 Å². The van der Waals surface area contributed by atoms with Gasteiger partial charge in [0.2, 0.25) is 5.91 Å². The zero-order chi connectivity index (χ0) is 10.4. The average Bonchev–Trinajstić information content (AvgIpc) is 2.76. The van der Waals surface area contributed by atoms with Crippen LogP contribution in [0.1, 0.15) is 24.8 Å². The van der Waals surface area contributed by atoms with Crippen molar-refractivity contribution in [3.05, 3.63) is 17.7 Å². The molecule has 15 heavy (non-hydrogen) atoms. The third-order valence-corrected chi connectivity index (χ3v) is 2.85. The molecule has 5 nitrogen and oxygen atoms in total. The van der Waals surface area contributed by atoms with Crippen LogP contribution >= 0.6 is 0 Å². The lowest BCUT2D eigenvalue weighted by molar-refractivity contribution is -0.117. The average molecular weight is 202 g/mol. The molecule has 0 saturated heterocycles. The zero-order valence-corrected chi connectivity index (χ0v) is 8.24. The van der Waals surface area contributed by atoms with Crippen molar-refractivity contribution in [2.45, 2.75) is 19.3 Å². The van der Waals surface area contributed by atoms with E-state index in [-0.39, 0.29) is 11.8 Å². The second kappa shape index (κ2) is 2.79. The topological polar surface area (TPSA) is 70.7 Å². The van der Waals surface area contributed by atoms with Crippen LogP contribution in [0.15, 0.2) is 12.1 Å². The summed E-state index contributed by atoms with van der Waals surface area (Å²) in [6.45, 7) is 2.01. The summed E-state index contributed by atoms with van der Waals surface area (Å²) >= 11 is 0. The summed E-state index contributed by atoms with van der Waals surface area (Å²) in [5.74, 6) is 0.0424. The van der Waals surface area contributed by atoms with Crippen molar-refractivity contribution < 1.29 is 4.79 Å². The number of aromatic amines is 1. The van der Waals surface area contributed by atoms with Crippen LogP contribution in [-0.4, -0.2) is 21.3 Å². The van der Waals surface area contributed by atoms with Gasteiger partial charge in [-0.25, -0.2) is 0 Å². The number of hydrogen-bond donors (Lipinski definition) is 2. The molecule has 1 aromatic carbocycles. The minimum absolute atomic E-state index is 0.0345. The van der Waals surface area contributed by atoms with Crippen LogP contribution in [-0.2, 0) is 4.79 Å². The Balaban J connectivity index is 2.25. The second-order valence-electron chi connectivity index (χ2n) is 3.72. The standard InChI is InChI=1S/C10H10N4O/c1-2-5-6-3-8-9(13-14-12-8)4-7(6)11-10(5)15/h3-5H,2H2,1H3,(H,11,15)(H,12,13,14). The van der Waals surface area contributed by atoms with Gasteiger partial charge in [-0.05, 0) is 24.1 Å². The molecule has 0 spiro atoms. The van der Waals surface area contributed by atoms with Crippen molar-refractivity contribution in [2.75, 3.05) is 5.32 Å². The molecule has 1 aliphatic heterocycles. The summed E-state index contributed by atoms with van der Waals surface area (Å²) in [6, 6.07) is 3.82. The molecular weight excluding hydrogens is 192 g/mol. The number of amides is 1. The summed E-state index contributed by atoms with van der Waals surface area (Å²) in [7, 11) is 0. The molecule has 5 heteroatoms. The Morgan fingerprint density at radius 3 is 3.13 bits per heavy atom. The van der Waals surface area contributed by atoms with E-state index >= 15 is 0 Å². The van der Waals surface area contributed by atoms with Crippen LogP contribution < -0.4 is 5.32 Å². The lowest BCUT2D eigenvalue weighted by Crippen LogP contribution is -2.10. The van der Waals surface area contributed by atoms with Gasteiger partial charge in [-0.3, -0.25) is 9.89 Å². The minimum atomic E-state index is -0.0345. The first-order chi connectivity index (χ1) is 7.29. The second-order valence-corrected chi connectivity index (χ2v) is 3.72. The number of rotatable bonds is 1. The molecule has 1 amide bonds. The SMILES string of the molecule is CCC1C(=O)Nc2cc3nn[nH]c3cc21. The van der Waals surface area contributed by atoms with Gasteiger partial charge in [0.05, 0.1) is 11.4 Å². The first kappa shape index (κ1) is 8.40. The Morgan fingerprint density at radius 2 is 2.33 bits per heavy atom. The Hall–Kier alpha value is -1.91. The van der Waals surface area contributed by atoms with Gasteiger partial charge in [0.1, 0.15) is 5.52 Å². The number of anilines is 1. The quantitative estimate of drug-likeness (QED) is 0.734. The normalized spacial score (nSPS) is 19.3. The first-order valence-electron chi connectivity index (χ1n) is 4.95. The predicted octanol–water partition coefficient (Wildman–Crippen LogP) is 1.40. The molecule has 0 radical (unpaired) electrons. The fraction of sp³-hybridized carbons (Fsp3) is 0.300. The summed E-state index contributed by atoms with van der Waals surface area (Å²) in [6.07, 6.45) is 0.811. The number of carbonyl (C=O) groups excluding carboxylic acids is 1. The lowest BCUT2D eigenvalue weighted by atomic mass is 9.98. The highest BCUT2D eigenvalue weighted by Gasteiger charge is 2.29. The maximum atomic E-state index is 11.6. The van der Waals surface area contributed by atoms with Gasteiger partial charge in [0.25, 0.3) is 0 Å². The molecule has 0 bridgehead atoms. The summed E-state index contributed by atoms with van der Waals surface area (Å²) in [5, 5.41) is 13.3. The van der Waals surface area contributed by atoms with E-state index in [9.17, 15) is 4.79 Å². The predicted molar refractivity (Wildman–Crippen MR) is 55.6 cm³/mol. The molecule has 3 rings (SSSR count). The summed E-state index contributed by atoms with van der Waals surface area (Å²) < 4.78 is 0. The van der Waals surface area contributed by atoms with Crippen molar-refractivity contribution in [1.82, 2.24) is 15.4 Å². The van der Waals surface area contributed by atoms with Gasteiger partial charge in [-0.1, -0.05) is 12.1 Å². The number of carbonyl (C=O) groups is 1. The van der Waals surface area contributed by atoms with E-state index in [1.807, 2.05) is 19.1 Å². The molecule has 2 aromatic rings. The monoisotopic (exact) mass is 202 g/mol. The molecular formula is C10H10N4O. The summed E-state index contributed by atoms with van der Waals surface area (Å²) in [5.41, 5.74) is 3.57. The molecule has 0 aliphatic carbocycles. The van der Waals surface area contributed by atoms with Gasteiger partial charge < -0.3 is 5.32 Å². The largest absolute Gasteiger partial charge is 0.325 e. The van der Waals surface area contributed by atoms with Crippen molar-refractivity contribution in [3.63, 3.8) is 0 Å². The van der Waals surface area contributed by atoms with E-state index < -0.39 is 0 Å². The number of aromatic nitrogens is 3. The third kappa shape index (κ3) is 1.06. The number of H-pyrrole nitrogens is 1. The van der Waals surface area contributed by atoms with Crippen molar-refractivity contribution in [1.29, 1.82) is 0 Å². The number of hydrogen-bond acceptors (Lipinski definition) is 3. The van der Waals surface area contributed by atoms with E-state index in [0.29, 0.717) is 0 Å². The number of nitrogens with one attached hydrogen (secondary N) is 2. The van der Waals surface area contributed by atoms with Crippen LogP contribution in [0.5, 0.6) is 0 Å². The third-order valence-electron chi connectivity index (χ3n) is 2.85. The van der Waals surface area contributed by atoms with Gasteiger partial charge in [0, 0.05) is 5.69 Å². The fourth-order valence-corrected chi connectivity index (χ4v) is 2.07. The Kier molecular flexibility index (Phi) is 1.56. The van der Waals surface area contributed by atoms with E-state index in [1.165, 1.54) is 0 Å². The van der Waals surface area contributed by atoms with Crippen molar-refractivity contribution >= 4 is 22.6 Å². The Morgan fingerprint density at radius 1 is 1.47 bits per heavy atom. The lowest BCUT2D eigenvalue weighted by Gasteiger charge is -2.03. The van der Waals surface area contributed by atoms with Gasteiger partial charge in [-0.2, -0.15) is 0 Å². The van der Waals surface area contributed by atoms with Crippen molar-refractivity contribution in [2.24, 2.45) is 0 Å². The Bertz CT molecular complexity index is 545. The highest BCUT2D eigenvalue weighted by molar-refractivity contribution is 6.05.